The number of hydrogen-bond donors (Lipinski definition) is 1. The van der Waals surface area contributed by atoms with E-state index in [9.17, 15) is 9.59 Å². The van der Waals surface area contributed by atoms with E-state index in [1.807, 2.05) is 62.9 Å². The number of benzene rings is 1. The summed E-state index contributed by atoms with van der Waals surface area (Å²) in [7, 11) is 0. The van der Waals surface area contributed by atoms with Crippen LogP contribution in [0.15, 0.2) is 42.5 Å². The molecule has 3 amide bonds. The van der Waals surface area contributed by atoms with E-state index in [1.54, 1.807) is 16.2 Å². The van der Waals surface area contributed by atoms with E-state index in [-0.39, 0.29) is 18.5 Å². The lowest BCUT2D eigenvalue weighted by Gasteiger charge is -2.36. The molecule has 1 aromatic heterocycles. The van der Waals surface area contributed by atoms with Crippen molar-refractivity contribution >= 4 is 23.3 Å². The summed E-state index contributed by atoms with van der Waals surface area (Å²) in [6, 6.07) is 13.9. The highest BCUT2D eigenvalue weighted by Crippen LogP contribution is 2.20. The van der Waals surface area contributed by atoms with Crippen LogP contribution in [0.2, 0.25) is 0 Å². The minimum atomic E-state index is -0.452. The summed E-state index contributed by atoms with van der Waals surface area (Å²) >= 11 is 1.70. The number of aryl methyl sites for hydroxylation is 1. The number of nitrogens with zero attached hydrogens (tertiary/aromatic N) is 2. The number of rotatable bonds is 7. The van der Waals surface area contributed by atoms with E-state index in [0.717, 1.165) is 10.4 Å². The van der Waals surface area contributed by atoms with Crippen LogP contribution in [-0.4, -0.2) is 40.4 Å². The van der Waals surface area contributed by atoms with Gasteiger partial charge in [0.2, 0.25) is 5.91 Å². The number of urea groups is 1. The predicted octanol–water partition coefficient (Wildman–Crippen LogP) is 4.42. The van der Waals surface area contributed by atoms with E-state index in [2.05, 4.69) is 24.4 Å². The summed E-state index contributed by atoms with van der Waals surface area (Å²) in [5.74, 6) is -0.0592. The molecule has 0 aliphatic rings. The van der Waals surface area contributed by atoms with E-state index in [4.69, 9.17) is 0 Å². The molecule has 0 spiro atoms. The fourth-order valence-electron chi connectivity index (χ4n) is 2.89. The SMILES string of the molecule is CCNC(=O)N(CC(=O)N(Cc1ccccc1)Cc1ccc(C)s1)C(C)(C)C. The molecule has 0 saturated heterocycles. The average molecular weight is 402 g/mol. The zero-order valence-corrected chi connectivity index (χ0v) is 18.3. The van der Waals surface area contributed by atoms with Crippen molar-refractivity contribution in [3.63, 3.8) is 0 Å². The number of hydrogen-bond acceptors (Lipinski definition) is 3. The average Bonchev–Trinajstić information content (AvgIpc) is 3.04. The van der Waals surface area contributed by atoms with Crippen molar-refractivity contribution in [2.45, 2.75) is 53.2 Å². The number of amides is 3. The Bertz CT molecular complexity index is 781. The first-order valence-electron chi connectivity index (χ1n) is 9.63. The molecule has 1 N–H and O–H groups in total. The topological polar surface area (TPSA) is 52.7 Å². The molecule has 0 bridgehead atoms. The first kappa shape index (κ1) is 22.0. The van der Waals surface area contributed by atoms with Crippen molar-refractivity contribution < 1.29 is 9.59 Å². The van der Waals surface area contributed by atoms with Gasteiger partial charge in [0.15, 0.2) is 0 Å². The maximum Gasteiger partial charge on any atom is 0.318 e. The van der Waals surface area contributed by atoms with Crippen molar-refractivity contribution in [1.29, 1.82) is 0 Å². The lowest BCUT2D eigenvalue weighted by atomic mass is 10.1. The Morgan fingerprint density at radius 3 is 2.25 bits per heavy atom. The van der Waals surface area contributed by atoms with E-state index in [1.165, 1.54) is 4.88 Å². The molecule has 0 fully saturated rings. The van der Waals surface area contributed by atoms with Gasteiger partial charge in [-0.3, -0.25) is 4.79 Å². The van der Waals surface area contributed by atoms with Crippen molar-refractivity contribution in [2.24, 2.45) is 0 Å². The van der Waals surface area contributed by atoms with E-state index >= 15 is 0 Å². The zero-order valence-electron chi connectivity index (χ0n) is 17.5. The standard InChI is InChI=1S/C22H31N3O2S/c1-6-23-21(27)25(22(3,4)5)16-20(26)24(14-18-10-8-7-9-11-18)15-19-13-12-17(2)28-19/h7-13H,6,14-16H2,1-5H3,(H,23,27). The van der Waals surface area contributed by atoms with Gasteiger partial charge in [0.1, 0.15) is 6.54 Å². The van der Waals surface area contributed by atoms with Crippen molar-refractivity contribution in [3.05, 3.63) is 57.8 Å². The van der Waals surface area contributed by atoms with Crippen molar-refractivity contribution in [3.8, 4) is 0 Å². The van der Waals surface area contributed by atoms with E-state index < -0.39 is 5.54 Å². The molecule has 0 unspecified atom stereocenters. The monoisotopic (exact) mass is 401 g/mol. The summed E-state index contributed by atoms with van der Waals surface area (Å²) in [6.07, 6.45) is 0. The van der Waals surface area contributed by atoms with E-state index in [0.29, 0.717) is 19.6 Å². The lowest BCUT2D eigenvalue weighted by molar-refractivity contribution is -0.134. The highest BCUT2D eigenvalue weighted by molar-refractivity contribution is 7.11. The van der Waals surface area contributed by atoms with Crippen LogP contribution in [0, 0.1) is 6.92 Å². The van der Waals surface area contributed by atoms with Crippen LogP contribution in [-0.2, 0) is 17.9 Å². The fraction of sp³-hybridized carbons (Fsp3) is 0.455. The molecule has 0 atom stereocenters. The van der Waals surface area contributed by atoms with Gasteiger partial charge in [0.25, 0.3) is 0 Å². The molecule has 1 aromatic carbocycles. The normalized spacial score (nSPS) is 11.2. The number of carbonyl (C=O) groups excluding carboxylic acids is 2. The van der Waals surface area contributed by atoms with Gasteiger partial charge in [0.05, 0.1) is 6.54 Å². The summed E-state index contributed by atoms with van der Waals surface area (Å²) < 4.78 is 0. The summed E-state index contributed by atoms with van der Waals surface area (Å²) in [4.78, 5) is 31.6. The molecular formula is C22H31N3O2S. The number of thiophene rings is 1. The first-order valence-corrected chi connectivity index (χ1v) is 10.4. The maximum atomic E-state index is 13.2. The van der Waals surface area contributed by atoms with Crippen LogP contribution in [0.4, 0.5) is 4.79 Å². The second-order valence-electron chi connectivity index (χ2n) is 7.84. The maximum absolute atomic E-state index is 13.2. The first-order chi connectivity index (χ1) is 13.2. The van der Waals surface area contributed by atoms with Crippen LogP contribution < -0.4 is 5.32 Å². The molecule has 0 aliphatic heterocycles. The van der Waals surface area contributed by atoms with Gasteiger partial charge in [-0.2, -0.15) is 0 Å². The molecule has 0 saturated carbocycles. The van der Waals surface area contributed by atoms with Crippen LogP contribution in [0.5, 0.6) is 0 Å². The third-order valence-electron chi connectivity index (χ3n) is 4.39. The summed E-state index contributed by atoms with van der Waals surface area (Å²) in [5.41, 5.74) is 0.622. The molecule has 5 nitrogen and oxygen atoms in total. The Balaban J connectivity index is 2.21. The largest absolute Gasteiger partial charge is 0.338 e. The molecule has 2 aromatic rings. The fourth-order valence-corrected chi connectivity index (χ4v) is 3.80. The Morgan fingerprint density at radius 2 is 1.71 bits per heavy atom. The second kappa shape index (κ2) is 9.73. The van der Waals surface area contributed by atoms with Gasteiger partial charge in [0, 0.05) is 28.4 Å². The van der Waals surface area contributed by atoms with Gasteiger partial charge in [-0.15, -0.1) is 11.3 Å². The van der Waals surface area contributed by atoms with Crippen LogP contribution >= 0.6 is 11.3 Å². The van der Waals surface area contributed by atoms with Gasteiger partial charge in [-0.05, 0) is 52.3 Å². The molecule has 0 aliphatic carbocycles. The second-order valence-corrected chi connectivity index (χ2v) is 9.21. The summed E-state index contributed by atoms with van der Waals surface area (Å²) in [6.45, 7) is 11.4. The zero-order chi connectivity index (χ0) is 20.7. The van der Waals surface area contributed by atoms with Gasteiger partial charge in [-0.25, -0.2) is 4.79 Å². The van der Waals surface area contributed by atoms with Crippen LogP contribution in [0.3, 0.4) is 0 Å². The Labute approximate surface area is 172 Å². The van der Waals surface area contributed by atoms with Gasteiger partial charge in [-0.1, -0.05) is 30.3 Å². The molecule has 28 heavy (non-hydrogen) atoms. The van der Waals surface area contributed by atoms with Gasteiger partial charge >= 0.3 is 6.03 Å². The van der Waals surface area contributed by atoms with Crippen molar-refractivity contribution in [1.82, 2.24) is 15.1 Å². The third-order valence-corrected chi connectivity index (χ3v) is 5.37. The van der Waals surface area contributed by atoms with Crippen LogP contribution in [0.25, 0.3) is 0 Å². The molecule has 6 heteroatoms. The quantitative estimate of drug-likeness (QED) is 0.747. The lowest BCUT2D eigenvalue weighted by Crippen LogP contribution is -2.54. The van der Waals surface area contributed by atoms with Crippen molar-refractivity contribution in [2.75, 3.05) is 13.1 Å². The third kappa shape index (κ3) is 6.37. The summed E-state index contributed by atoms with van der Waals surface area (Å²) in [5, 5.41) is 2.82. The Kier molecular flexibility index (Phi) is 7.63. The predicted molar refractivity (Wildman–Crippen MR) is 115 cm³/mol. The Morgan fingerprint density at radius 1 is 1.04 bits per heavy atom. The van der Waals surface area contributed by atoms with Crippen LogP contribution in [0.1, 0.15) is 43.0 Å². The molecule has 152 valence electrons. The highest BCUT2D eigenvalue weighted by Gasteiger charge is 2.30. The molecular weight excluding hydrogens is 370 g/mol. The number of nitrogens with one attached hydrogen (secondary N) is 1. The minimum Gasteiger partial charge on any atom is -0.338 e. The molecule has 0 radical (unpaired) electrons. The highest BCUT2D eigenvalue weighted by atomic mass is 32.1. The minimum absolute atomic E-state index is 0.0481. The molecule has 1 heterocycles. The van der Waals surface area contributed by atoms with Gasteiger partial charge < -0.3 is 15.1 Å². The Hall–Kier alpha value is -2.34. The molecule has 2 rings (SSSR count). The number of carbonyl (C=O) groups is 2. The smallest absolute Gasteiger partial charge is 0.318 e.